The summed E-state index contributed by atoms with van der Waals surface area (Å²) >= 11 is 0. The van der Waals surface area contributed by atoms with E-state index in [4.69, 9.17) is 4.74 Å². The van der Waals surface area contributed by atoms with Gasteiger partial charge in [-0.05, 0) is 58.2 Å². The second-order valence-corrected chi connectivity index (χ2v) is 10.7. The van der Waals surface area contributed by atoms with Crippen LogP contribution in [0.3, 0.4) is 0 Å². The third-order valence-electron chi connectivity index (χ3n) is 6.75. The molecule has 2 atom stereocenters. The second-order valence-electron chi connectivity index (χ2n) is 10.7. The lowest BCUT2D eigenvalue weighted by atomic mass is 9.91. The molecule has 1 amide bonds. The summed E-state index contributed by atoms with van der Waals surface area (Å²) in [6.07, 6.45) is 1.15. The smallest absolute Gasteiger partial charge is 0.306 e. The number of carboxylic acids is 1. The molecule has 5 rings (SSSR count). The number of rotatable bonds is 4. The number of nitrogens with zero attached hydrogens (tertiary/aromatic N) is 1. The molecule has 0 radical (unpaired) electrons. The molecule has 0 spiro atoms. The van der Waals surface area contributed by atoms with Crippen molar-refractivity contribution in [2.45, 2.75) is 58.7 Å². The summed E-state index contributed by atoms with van der Waals surface area (Å²) in [5, 5.41) is 11.8. The van der Waals surface area contributed by atoms with E-state index < -0.39 is 18.2 Å². The van der Waals surface area contributed by atoms with Crippen LogP contribution in [-0.4, -0.2) is 29.6 Å². The highest BCUT2D eigenvalue weighted by Crippen LogP contribution is 2.44. The molecule has 1 aliphatic carbocycles. The van der Waals surface area contributed by atoms with E-state index in [-0.39, 0.29) is 17.7 Å². The number of ether oxygens (including phenoxy) is 1. The molecule has 5 nitrogen and oxygen atoms in total. The Kier molecular flexibility index (Phi) is 5.68. The van der Waals surface area contributed by atoms with E-state index in [2.05, 4.69) is 51.1 Å². The Morgan fingerprint density at radius 1 is 1.03 bits per heavy atom. The van der Waals surface area contributed by atoms with Crippen LogP contribution in [0.1, 0.15) is 62.0 Å². The predicted octanol–water partition coefficient (Wildman–Crippen LogP) is 5.67. The van der Waals surface area contributed by atoms with Gasteiger partial charge in [-0.25, -0.2) is 0 Å². The molecule has 176 valence electrons. The zero-order valence-corrected chi connectivity index (χ0v) is 20.0. The molecule has 0 aromatic heterocycles. The van der Waals surface area contributed by atoms with Crippen molar-refractivity contribution in [1.82, 2.24) is 0 Å². The third kappa shape index (κ3) is 4.21. The monoisotopic (exact) mass is 457 g/mol. The molecule has 3 aromatic rings. The molecule has 2 aliphatic rings. The number of hydrogen-bond acceptors (Lipinski definition) is 3. The Balaban J connectivity index is 1.76. The maximum absolute atomic E-state index is 13.8. The van der Waals surface area contributed by atoms with Gasteiger partial charge in [0, 0.05) is 12.1 Å². The van der Waals surface area contributed by atoms with Crippen LogP contribution in [0.5, 0.6) is 0 Å². The number of aryl methyl sites for hydroxylation is 2. The number of benzene rings is 3. The SMILES string of the molecule is CC(C)(C)CN1C(=O)[C@H](CC(=O)O)O[C@@H](c2cccc3ccccc23)c2cc3c(cc21)CCC3. The Hall–Kier alpha value is -3.18. The first-order chi connectivity index (χ1) is 16.2. The van der Waals surface area contributed by atoms with Crippen LogP contribution in [0.25, 0.3) is 10.8 Å². The summed E-state index contributed by atoms with van der Waals surface area (Å²) in [4.78, 5) is 27.3. The number of aliphatic carboxylic acids is 1. The minimum atomic E-state index is -1.06. The molecule has 0 saturated carbocycles. The Morgan fingerprint density at radius 2 is 1.74 bits per heavy atom. The van der Waals surface area contributed by atoms with E-state index in [1.165, 1.54) is 11.1 Å². The van der Waals surface area contributed by atoms with Crippen LogP contribution >= 0.6 is 0 Å². The van der Waals surface area contributed by atoms with E-state index in [0.717, 1.165) is 46.8 Å². The number of carbonyl (C=O) groups is 2. The average molecular weight is 458 g/mol. The average Bonchev–Trinajstić information content (AvgIpc) is 3.22. The van der Waals surface area contributed by atoms with Crippen LogP contribution in [0, 0.1) is 5.41 Å². The van der Waals surface area contributed by atoms with Gasteiger partial charge < -0.3 is 14.7 Å². The fourth-order valence-electron chi connectivity index (χ4n) is 5.31. The first-order valence-electron chi connectivity index (χ1n) is 12.0. The van der Waals surface area contributed by atoms with Crippen molar-refractivity contribution in [3.05, 3.63) is 76.9 Å². The lowest BCUT2D eigenvalue weighted by Gasteiger charge is -2.31. The lowest BCUT2D eigenvalue weighted by molar-refractivity contribution is -0.147. The largest absolute Gasteiger partial charge is 0.481 e. The van der Waals surface area contributed by atoms with Crippen molar-refractivity contribution in [3.63, 3.8) is 0 Å². The van der Waals surface area contributed by atoms with Gasteiger partial charge in [0.2, 0.25) is 0 Å². The van der Waals surface area contributed by atoms with E-state index >= 15 is 0 Å². The first kappa shape index (κ1) is 22.6. The van der Waals surface area contributed by atoms with Crippen molar-refractivity contribution in [2.24, 2.45) is 5.41 Å². The molecule has 0 fully saturated rings. The highest BCUT2D eigenvalue weighted by molar-refractivity contribution is 6.00. The van der Waals surface area contributed by atoms with Gasteiger partial charge in [-0.15, -0.1) is 0 Å². The summed E-state index contributed by atoms with van der Waals surface area (Å²) < 4.78 is 6.49. The maximum atomic E-state index is 13.8. The van der Waals surface area contributed by atoms with Gasteiger partial charge in [0.15, 0.2) is 0 Å². The summed E-state index contributed by atoms with van der Waals surface area (Å²) in [6, 6.07) is 18.6. The standard InChI is InChI=1S/C29H31NO4/c1-29(2,3)17-30-24-15-20-11-6-10-19(20)14-23(24)27(34-25(28(30)33)16-26(31)32)22-13-7-9-18-8-4-5-12-21(18)22/h4-5,7-9,12-15,25,27H,6,10-11,16-17H2,1-3H3,(H,31,32)/t25-,27-/m0/s1. The van der Waals surface area contributed by atoms with Crippen LogP contribution in [-0.2, 0) is 27.2 Å². The molecule has 0 unspecified atom stereocenters. The van der Waals surface area contributed by atoms with Crippen molar-refractivity contribution in [2.75, 3.05) is 11.4 Å². The number of fused-ring (bicyclic) bond motifs is 3. The lowest BCUT2D eigenvalue weighted by Crippen LogP contribution is -2.44. The molecule has 0 saturated heterocycles. The zero-order chi connectivity index (χ0) is 24.0. The molecule has 1 N–H and O–H groups in total. The third-order valence-corrected chi connectivity index (χ3v) is 6.75. The fraction of sp³-hybridized carbons (Fsp3) is 0.379. The van der Waals surface area contributed by atoms with Crippen molar-refractivity contribution in [3.8, 4) is 0 Å². The van der Waals surface area contributed by atoms with Gasteiger partial charge in [0.05, 0.1) is 12.1 Å². The molecule has 3 aromatic carbocycles. The molecule has 5 heteroatoms. The number of carboxylic acid groups (broad SMARTS) is 1. The molecule has 1 heterocycles. The fourth-order valence-corrected chi connectivity index (χ4v) is 5.31. The predicted molar refractivity (Wildman–Crippen MR) is 133 cm³/mol. The van der Waals surface area contributed by atoms with Gasteiger partial charge in [-0.3, -0.25) is 9.59 Å². The van der Waals surface area contributed by atoms with Gasteiger partial charge in [-0.1, -0.05) is 69.3 Å². The summed E-state index contributed by atoms with van der Waals surface area (Å²) in [5.41, 5.74) is 5.16. The topological polar surface area (TPSA) is 66.8 Å². The number of anilines is 1. The normalized spacial score (nSPS) is 20.2. The summed E-state index contributed by atoms with van der Waals surface area (Å²) in [5.74, 6) is -1.32. The number of hydrogen-bond donors (Lipinski definition) is 1. The van der Waals surface area contributed by atoms with E-state index in [1.54, 1.807) is 4.90 Å². The van der Waals surface area contributed by atoms with Crippen LogP contribution in [0.15, 0.2) is 54.6 Å². The van der Waals surface area contributed by atoms with Gasteiger partial charge in [0.1, 0.15) is 12.2 Å². The Morgan fingerprint density at radius 3 is 2.47 bits per heavy atom. The quantitative estimate of drug-likeness (QED) is 0.548. The highest BCUT2D eigenvalue weighted by Gasteiger charge is 2.40. The van der Waals surface area contributed by atoms with Crippen molar-refractivity contribution >= 4 is 28.3 Å². The van der Waals surface area contributed by atoms with E-state index in [0.29, 0.717) is 6.54 Å². The Bertz CT molecular complexity index is 1270. The molecular formula is C29H31NO4. The second kappa shape index (κ2) is 8.55. The number of carbonyl (C=O) groups excluding carboxylic acids is 1. The van der Waals surface area contributed by atoms with Gasteiger partial charge >= 0.3 is 5.97 Å². The summed E-state index contributed by atoms with van der Waals surface area (Å²) in [6.45, 7) is 6.76. The minimum Gasteiger partial charge on any atom is -0.481 e. The van der Waals surface area contributed by atoms with Gasteiger partial charge in [-0.2, -0.15) is 0 Å². The number of amides is 1. The van der Waals surface area contributed by atoms with Gasteiger partial charge in [0.25, 0.3) is 5.91 Å². The highest BCUT2D eigenvalue weighted by atomic mass is 16.5. The van der Waals surface area contributed by atoms with Crippen LogP contribution in [0.4, 0.5) is 5.69 Å². The van der Waals surface area contributed by atoms with Crippen LogP contribution < -0.4 is 4.90 Å². The van der Waals surface area contributed by atoms with E-state index in [9.17, 15) is 14.7 Å². The minimum absolute atomic E-state index is 0.168. The Labute approximate surface area is 200 Å². The molecule has 34 heavy (non-hydrogen) atoms. The first-order valence-corrected chi connectivity index (χ1v) is 12.0. The van der Waals surface area contributed by atoms with Crippen molar-refractivity contribution < 1.29 is 19.4 Å². The van der Waals surface area contributed by atoms with Crippen molar-refractivity contribution in [1.29, 1.82) is 0 Å². The molecular weight excluding hydrogens is 426 g/mol. The van der Waals surface area contributed by atoms with Crippen LogP contribution in [0.2, 0.25) is 0 Å². The maximum Gasteiger partial charge on any atom is 0.306 e. The van der Waals surface area contributed by atoms with E-state index in [1.807, 2.05) is 24.3 Å². The zero-order valence-electron chi connectivity index (χ0n) is 20.0. The molecule has 0 bridgehead atoms. The molecule has 1 aliphatic heterocycles. The summed E-state index contributed by atoms with van der Waals surface area (Å²) in [7, 11) is 0.